The molecule has 152 valence electrons. The smallest absolute Gasteiger partial charge is 0.244 e. The molecule has 1 fully saturated rings. The van der Waals surface area contributed by atoms with Crippen molar-refractivity contribution in [2.24, 2.45) is 0 Å². The van der Waals surface area contributed by atoms with E-state index in [1.54, 1.807) is 18.5 Å². The van der Waals surface area contributed by atoms with Crippen molar-refractivity contribution in [3.63, 3.8) is 0 Å². The Balaban J connectivity index is 1.81. The minimum absolute atomic E-state index is 0.222. The van der Waals surface area contributed by atoms with E-state index in [1.807, 2.05) is 26.0 Å². The van der Waals surface area contributed by atoms with E-state index in [2.05, 4.69) is 15.4 Å². The van der Waals surface area contributed by atoms with Gasteiger partial charge >= 0.3 is 0 Å². The highest BCUT2D eigenvalue weighted by Gasteiger charge is 2.40. The number of hydrogen-bond donors (Lipinski definition) is 1. The van der Waals surface area contributed by atoms with Crippen molar-refractivity contribution in [2.45, 2.75) is 64.6 Å². The van der Waals surface area contributed by atoms with Crippen molar-refractivity contribution < 1.29 is 13.2 Å². The highest BCUT2D eigenvalue weighted by atomic mass is 32.2. The zero-order valence-electron chi connectivity index (χ0n) is 16.8. The van der Waals surface area contributed by atoms with Crippen molar-refractivity contribution >= 4 is 15.9 Å². The first-order valence-electron chi connectivity index (χ1n) is 9.49. The molecule has 1 atom stereocenters. The Hall–Kier alpha value is -2.26. The SMILES string of the molecule is CCn1ncnc1CNC(=O)C1CCCN1S(=O)(=O)c1c(C)cc(C)cc1C. The van der Waals surface area contributed by atoms with E-state index in [-0.39, 0.29) is 12.5 Å². The number of nitrogens with one attached hydrogen (secondary N) is 1. The second-order valence-corrected chi connectivity index (χ2v) is 9.04. The predicted molar refractivity (Wildman–Crippen MR) is 105 cm³/mol. The van der Waals surface area contributed by atoms with Crippen LogP contribution < -0.4 is 5.32 Å². The Morgan fingerprint density at radius 1 is 1.25 bits per heavy atom. The van der Waals surface area contributed by atoms with E-state index in [0.29, 0.717) is 47.8 Å². The number of carbonyl (C=O) groups is 1. The zero-order valence-corrected chi connectivity index (χ0v) is 17.6. The van der Waals surface area contributed by atoms with Gasteiger partial charge in [-0.15, -0.1) is 0 Å². The third-order valence-corrected chi connectivity index (χ3v) is 7.31. The number of aryl methyl sites for hydroxylation is 4. The van der Waals surface area contributed by atoms with E-state index in [1.165, 1.54) is 10.6 Å². The number of carbonyl (C=O) groups excluding carboxylic acids is 1. The summed E-state index contributed by atoms with van der Waals surface area (Å²) in [5.41, 5.74) is 2.43. The standard InChI is InChI=1S/C19H27N5O3S/c1-5-23-17(21-12-22-23)11-20-19(25)16-7-6-8-24(16)28(26,27)18-14(3)9-13(2)10-15(18)4/h9-10,12,16H,5-8,11H2,1-4H3,(H,20,25). The lowest BCUT2D eigenvalue weighted by atomic mass is 10.1. The molecule has 0 saturated carbocycles. The van der Waals surface area contributed by atoms with Crippen LogP contribution in [0.3, 0.4) is 0 Å². The van der Waals surface area contributed by atoms with Crippen molar-refractivity contribution in [1.29, 1.82) is 0 Å². The van der Waals surface area contributed by atoms with Gasteiger partial charge in [-0.1, -0.05) is 17.7 Å². The van der Waals surface area contributed by atoms with Crippen LogP contribution in [0.25, 0.3) is 0 Å². The van der Waals surface area contributed by atoms with Crippen LogP contribution in [0, 0.1) is 20.8 Å². The molecule has 1 amide bonds. The second-order valence-electron chi connectivity index (χ2n) is 7.21. The van der Waals surface area contributed by atoms with Gasteiger partial charge in [-0.05, 0) is 51.7 Å². The fourth-order valence-electron chi connectivity index (χ4n) is 3.95. The highest BCUT2D eigenvalue weighted by molar-refractivity contribution is 7.89. The van der Waals surface area contributed by atoms with Crippen LogP contribution in [0.2, 0.25) is 0 Å². The Morgan fingerprint density at radius 3 is 2.57 bits per heavy atom. The Morgan fingerprint density at radius 2 is 1.93 bits per heavy atom. The lowest BCUT2D eigenvalue weighted by molar-refractivity contribution is -0.124. The average Bonchev–Trinajstić information content (AvgIpc) is 3.27. The van der Waals surface area contributed by atoms with Gasteiger partial charge in [-0.2, -0.15) is 9.40 Å². The molecule has 1 aliphatic heterocycles. The molecule has 9 heteroatoms. The number of aromatic nitrogens is 3. The van der Waals surface area contributed by atoms with Crippen molar-refractivity contribution in [2.75, 3.05) is 6.54 Å². The number of amides is 1. The first kappa shape index (κ1) is 20.5. The van der Waals surface area contributed by atoms with Crippen LogP contribution >= 0.6 is 0 Å². The van der Waals surface area contributed by atoms with E-state index in [4.69, 9.17) is 0 Å². The van der Waals surface area contributed by atoms with E-state index >= 15 is 0 Å². The molecule has 2 aromatic rings. The lowest BCUT2D eigenvalue weighted by Gasteiger charge is -2.25. The minimum atomic E-state index is -3.76. The van der Waals surface area contributed by atoms with Crippen LogP contribution in [0.15, 0.2) is 23.4 Å². The topological polar surface area (TPSA) is 97.2 Å². The van der Waals surface area contributed by atoms with Gasteiger partial charge in [-0.25, -0.2) is 18.1 Å². The first-order valence-corrected chi connectivity index (χ1v) is 10.9. The molecule has 1 unspecified atom stereocenters. The molecule has 0 bridgehead atoms. The molecular formula is C19H27N5O3S. The maximum absolute atomic E-state index is 13.4. The van der Waals surface area contributed by atoms with E-state index in [9.17, 15) is 13.2 Å². The molecular weight excluding hydrogens is 378 g/mol. The molecule has 1 aromatic heterocycles. The summed E-state index contributed by atoms with van der Waals surface area (Å²) in [6, 6.07) is 3.02. The normalized spacial score (nSPS) is 17.8. The van der Waals surface area contributed by atoms with Crippen LogP contribution in [-0.4, -0.2) is 46.0 Å². The number of rotatable bonds is 6. The van der Waals surface area contributed by atoms with E-state index < -0.39 is 16.1 Å². The van der Waals surface area contributed by atoms with Gasteiger partial charge in [0.2, 0.25) is 15.9 Å². The molecule has 1 aromatic carbocycles. The quantitative estimate of drug-likeness (QED) is 0.789. The molecule has 0 spiro atoms. The fourth-order valence-corrected chi connectivity index (χ4v) is 6.03. The first-order chi connectivity index (χ1) is 13.3. The Bertz CT molecular complexity index is 960. The van der Waals surface area contributed by atoms with Gasteiger partial charge < -0.3 is 5.32 Å². The van der Waals surface area contributed by atoms with Crippen LogP contribution in [0.5, 0.6) is 0 Å². The van der Waals surface area contributed by atoms with Crippen LogP contribution in [0.4, 0.5) is 0 Å². The molecule has 28 heavy (non-hydrogen) atoms. The second kappa shape index (κ2) is 8.00. The Labute approximate surface area is 166 Å². The highest BCUT2D eigenvalue weighted by Crippen LogP contribution is 2.30. The summed E-state index contributed by atoms with van der Waals surface area (Å²) >= 11 is 0. The van der Waals surface area contributed by atoms with Gasteiger partial charge in [0.25, 0.3) is 0 Å². The average molecular weight is 406 g/mol. The maximum atomic E-state index is 13.4. The molecule has 1 N–H and O–H groups in total. The molecule has 1 saturated heterocycles. The van der Waals surface area contributed by atoms with Crippen molar-refractivity contribution in [3.8, 4) is 0 Å². The monoisotopic (exact) mass is 405 g/mol. The lowest BCUT2D eigenvalue weighted by Crippen LogP contribution is -2.46. The number of nitrogens with zero attached hydrogens (tertiary/aromatic N) is 4. The molecule has 1 aliphatic rings. The number of sulfonamides is 1. The molecule has 8 nitrogen and oxygen atoms in total. The summed E-state index contributed by atoms with van der Waals surface area (Å²) in [6.45, 7) is 8.71. The third kappa shape index (κ3) is 3.81. The largest absolute Gasteiger partial charge is 0.347 e. The number of benzene rings is 1. The third-order valence-electron chi connectivity index (χ3n) is 5.09. The fraction of sp³-hybridized carbons (Fsp3) is 0.526. The summed E-state index contributed by atoms with van der Waals surface area (Å²) in [7, 11) is -3.76. The molecule has 0 radical (unpaired) electrons. The summed E-state index contributed by atoms with van der Waals surface area (Å²) < 4.78 is 29.8. The molecule has 0 aliphatic carbocycles. The number of hydrogen-bond acceptors (Lipinski definition) is 5. The summed E-state index contributed by atoms with van der Waals surface area (Å²) in [4.78, 5) is 17.2. The zero-order chi connectivity index (χ0) is 20.5. The van der Waals surface area contributed by atoms with E-state index in [0.717, 1.165) is 5.56 Å². The van der Waals surface area contributed by atoms with Gasteiger partial charge in [0.1, 0.15) is 18.2 Å². The Kier molecular flexibility index (Phi) is 5.85. The predicted octanol–water partition coefficient (Wildman–Crippen LogP) is 1.69. The molecule has 2 heterocycles. The van der Waals surface area contributed by atoms with Crippen molar-refractivity contribution in [1.82, 2.24) is 24.4 Å². The van der Waals surface area contributed by atoms with Crippen LogP contribution in [-0.2, 0) is 27.9 Å². The van der Waals surface area contributed by atoms with Gasteiger partial charge in [0, 0.05) is 13.1 Å². The molecule has 3 rings (SSSR count). The van der Waals surface area contributed by atoms with Gasteiger partial charge in [-0.3, -0.25) is 4.79 Å². The van der Waals surface area contributed by atoms with Gasteiger partial charge in [0.05, 0.1) is 11.4 Å². The summed E-state index contributed by atoms with van der Waals surface area (Å²) in [6.07, 6.45) is 2.61. The summed E-state index contributed by atoms with van der Waals surface area (Å²) in [5.74, 6) is 0.350. The van der Waals surface area contributed by atoms with Crippen molar-refractivity contribution in [3.05, 3.63) is 41.0 Å². The summed E-state index contributed by atoms with van der Waals surface area (Å²) in [5, 5.41) is 6.90. The van der Waals surface area contributed by atoms with Crippen LogP contribution in [0.1, 0.15) is 42.3 Å². The maximum Gasteiger partial charge on any atom is 0.244 e. The minimum Gasteiger partial charge on any atom is -0.347 e. The van der Waals surface area contributed by atoms with Gasteiger partial charge in [0.15, 0.2) is 0 Å².